The van der Waals surface area contributed by atoms with Crippen molar-refractivity contribution in [2.45, 2.75) is 20.0 Å². The third-order valence-corrected chi connectivity index (χ3v) is 1.49. The molecule has 0 aromatic carbocycles. The molecule has 11 heavy (non-hydrogen) atoms. The van der Waals surface area contributed by atoms with E-state index in [1.807, 2.05) is 17.7 Å². The Balaban J connectivity index is 2.60. The average Bonchev–Trinajstić information content (AvgIpc) is 2.47. The summed E-state index contributed by atoms with van der Waals surface area (Å²) in [5.74, 6) is 0.889. The van der Waals surface area contributed by atoms with E-state index in [1.165, 1.54) is 0 Å². The van der Waals surface area contributed by atoms with Gasteiger partial charge in [-0.3, -0.25) is 4.79 Å². The number of imidazole rings is 1. The summed E-state index contributed by atoms with van der Waals surface area (Å²) in [6, 6.07) is 0. The van der Waals surface area contributed by atoms with Gasteiger partial charge >= 0.3 is 0 Å². The van der Waals surface area contributed by atoms with Crippen molar-refractivity contribution >= 4 is 6.41 Å². The molecule has 0 spiro atoms. The molecule has 0 bridgehead atoms. The molecular formula is C7H11N3O. The molecule has 60 valence electrons. The van der Waals surface area contributed by atoms with Crippen molar-refractivity contribution in [2.24, 2.45) is 0 Å². The number of carbonyl (C=O) groups is 1. The van der Waals surface area contributed by atoms with E-state index in [9.17, 15) is 4.79 Å². The first-order valence-electron chi connectivity index (χ1n) is 3.55. The predicted molar refractivity (Wildman–Crippen MR) is 40.8 cm³/mol. The molecule has 0 aliphatic rings. The Morgan fingerprint density at radius 2 is 2.64 bits per heavy atom. The molecule has 0 fully saturated rings. The van der Waals surface area contributed by atoms with Crippen molar-refractivity contribution in [3.63, 3.8) is 0 Å². The Hall–Kier alpha value is -1.32. The Kier molecular flexibility index (Phi) is 2.66. The third kappa shape index (κ3) is 1.80. The third-order valence-electron chi connectivity index (χ3n) is 1.49. The van der Waals surface area contributed by atoms with E-state index in [2.05, 4.69) is 10.3 Å². The zero-order valence-electron chi connectivity index (χ0n) is 6.45. The van der Waals surface area contributed by atoms with Crippen LogP contribution in [0.15, 0.2) is 12.4 Å². The molecule has 0 atom stereocenters. The van der Waals surface area contributed by atoms with Crippen LogP contribution < -0.4 is 5.32 Å². The second-order valence-electron chi connectivity index (χ2n) is 2.13. The van der Waals surface area contributed by atoms with Crippen molar-refractivity contribution in [2.75, 3.05) is 0 Å². The molecule has 0 radical (unpaired) electrons. The molecular weight excluding hydrogens is 142 g/mol. The molecule has 0 aliphatic heterocycles. The SMILES string of the molecule is CCn1ccnc1CNC=O. The van der Waals surface area contributed by atoms with E-state index in [0.717, 1.165) is 12.4 Å². The van der Waals surface area contributed by atoms with Gasteiger partial charge in [-0.05, 0) is 6.92 Å². The number of carbonyl (C=O) groups excluding carboxylic acids is 1. The summed E-state index contributed by atoms with van der Waals surface area (Å²) < 4.78 is 1.98. The summed E-state index contributed by atoms with van der Waals surface area (Å²) in [6.45, 7) is 3.42. The lowest BCUT2D eigenvalue weighted by Gasteiger charge is -2.02. The van der Waals surface area contributed by atoms with Crippen LogP contribution in [0.25, 0.3) is 0 Å². The normalized spacial score (nSPS) is 9.55. The van der Waals surface area contributed by atoms with Crippen molar-refractivity contribution in [3.8, 4) is 0 Å². The second kappa shape index (κ2) is 3.75. The van der Waals surface area contributed by atoms with Crippen LogP contribution in [0, 0.1) is 0 Å². The van der Waals surface area contributed by atoms with Crippen molar-refractivity contribution in [3.05, 3.63) is 18.2 Å². The van der Waals surface area contributed by atoms with Gasteiger partial charge in [0.15, 0.2) is 0 Å². The van der Waals surface area contributed by atoms with Crippen molar-refractivity contribution in [1.29, 1.82) is 0 Å². The van der Waals surface area contributed by atoms with E-state index in [0.29, 0.717) is 13.0 Å². The van der Waals surface area contributed by atoms with Gasteiger partial charge in [-0.15, -0.1) is 0 Å². The topological polar surface area (TPSA) is 46.9 Å². The number of nitrogens with one attached hydrogen (secondary N) is 1. The van der Waals surface area contributed by atoms with E-state index < -0.39 is 0 Å². The van der Waals surface area contributed by atoms with Crippen molar-refractivity contribution in [1.82, 2.24) is 14.9 Å². The molecule has 1 aromatic rings. The first-order chi connectivity index (χ1) is 5.38. The number of rotatable bonds is 4. The zero-order valence-corrected chi connectivity index (χ0v) is 6.45. The van der Waals surface area contributed by atoms with Crippen LogP contribution in [-0.4, -0.2) is 16.0 Å². The van der Waals surface area contributed by atoms with Gasteiger partial charge in [-0.1, -0.05) is 0 Å². The van der Waals surface area contributed by atoms with Crippen LogP contribution in [0.5, 0.6) is 0 Å². The molecule has 1 amide bonds. The maximum Gasteiger partial charge on any atom is 0.207 e. The molecule has 0 saturated carbocycles. The van der Waals surface area contributed by atoms with Crippen LogP contribution in [0.1, 0.15) is 12.7 Å². The van der Waals surface area contributed by atoms with E-state index in [-0.39, 0.29) is 0 Å². The summed E-state index contributed by atoms with van der Waals surface area (Å²) in [7, 11) is 0. The Bertz CT molecular complexity index is 231. The molecule has 1 heterocycles. The predicted octanol–water partition coefficient (Wildman–Crippen LogP) is 0.149. The minimum Gasteiger partial charge on any atom is -0.351 e. The van der Waals surface area contributed by atoms with E-state index in [1.54, 1.807) is 6.20 Å². The van der Waals surface area contributed by atoms with Crippen LogP contribution >= 0.6 is 0 Å². The maximum atomic E-state index is 9.95. The number of hydrogen-bond acceptors (Lipinski definition) is 2. The van der Waals surface area contributed by atoms with Gasteiger partial charge in [-0.25, -0.2) is 4.98 Å². The van der Waals surface area contributed by atoms with E-state index >= 15 is 0 Å². The smallest absolute Gasteiger partial charge is 0.207 e. The molecule has 1 rings (SSSR count). The van der Waals surface area contributed by atoms with Gasteiger partial charge in [0, 0.05) is 18.9 Å². The summed E-state index contributed by atoms with van der Waals surface area (Å²) >= 11 is 0. The first kappa shape index (κ1) is 7.78. The highest BCUT2D eigenvalue weighted by Gasteiger charge is 1.97. The van der Waals surface area contributed by atoms with Gasteiger partial charge in [0.2, 0.25) is 6.41 Å². The molecule has 4 heteroatoms. The number of amides is 1. The lowest BCUT2D eigenvalue weighted by atomic mass is 10.5. The number of nitrogens with zero attached hydrogens (tertiary/aromatic N) is 2. The molecule has 0 saturated heterocycles. The van der Waals surface area contributed by atoms with Crippen LogP contribution in [0.2, 0.25) is 0 Å². The summed E-state index contributed by atoms with van der Waals surface area (Å²) in [4.78, 5) is 14.0. The van der Waals surface area contributed by atoms with Gasteiger partial charge in [-0.2, -0.15) is 0 Å². The fraction of sp³-hybridized carbons (Fsp3) is 0.429. The highest BCUT2D eigenvalue weighted by molar-refractivity contribution is 5.45. The minimum absolute atomic E-state index is 0.504. The number of hydrogen-bond donors (Lipinski definition) is 1. The summed E-state index contributed by atoms with van der Waals surface area (Å²) in [5, 5.41) is 2.56. The zero-order chi connectivity index (χ0) is 8.10. The lowest BCUT2D eigenvalue weighted by molar-refractivity contribution is -0.109. The molecule has 4 nitrogen and oxygen atoms in total. The highest BCUT2D eigenvalue weighted by atomic mass is 16.1. The number of aryl methyl sites for hydroxylation is 1. The quantitative estimate of drug-likeness (QED) is 0.626. The summed E-state index contributed by atoms with van der Waals surface area (Å²) in [6.07, 6.45) is 4.29. The minimum atomic E-state index is 0.504. The average molecular weight is 153 g/mol. The Morgan fingerprint density at radius 1 is 1.82 bits per heavy atom. The maximum absolute atomic E-state index is 9.95. The molecule has 0 aliphatic carbocycles. The van der Waals surface area contributed by atoms with Crippen LogP contribution in [0.3, 0.4) is 0 Å². The fourth-order valence-electron chi connectivity index (χ4n) is 0.928. The van der Waals surface area contributed by atoms with Crippen molar-refractivity contribution < 1.29 is 4.79 Å². The first-order valence-corrected chi connectivity index (χ1v) is 3.55. The Labute approximate surface area is 65.2 Å². The summed E-state index contributed by atoms with van der Waals surface area (Å²) in [5.41, 5.74) is 0. The highest BCUT2D eigenvalue weighted by Crippen LogP contribution is 1.95. The Morgan fingerprint density at radius 3 is 3.27 bits per heavy atom. The second-order valence-corrected chi connectivity index (χ2v) is 2.13. The number of aromatic nitrogens is 2. The largest absolute Gasteiger partial charge is 0.351 e. The fourth-order valence-corrected chi connectivity index (χ4v) is 0.928. The van der Waals surface area contributed by atoms with Crippen LogP contribution in [-0.2, 0) is 17.9 Å². The van der Waals surface area contributed by atoms with Gasteiger partial charge < -0.3 is 9.88 Å². The van der Waals surface area contributed by atoms with Gasteiger partial charge in [0.05, 0.1) is 6.54 Å². The standard InChI is InChI=1S/C7H11N3O/c1-2-10-4-3-9-7(10)5-8-6-11/h3-4,6H,2,5H2,1H3,(H,8,11). The molecule has 1 aromatic heterocycles. The van der Waals surface area contributed by atoms with Gasteiger partial charge in [0.25, 0.3) is 0 Å². The van der Waals surface area contributed by atoms with Crippen LogP contribution in [0.4, 0.5) is 0 Å². The molecule has 1 N–H and O–H groups in total. The van der Waals surface area contributed by atoms with Gasteiger partial charge in [0.1, 0.15) is 5.82 Å². The monoisotopic (exact) mass is 153 g/mol. The molecule has 0 unspecified atom stereocenters. The van der Waals surface area contributed by atoms with E-state index in [4.69, 9.17) is 0 Å². The lowest BCUT2D eigenvalue weighted by Crippen LogP contribution is -2.14.